The van der Waals surface area contributed by atoms with Crippen molar-refractivity contribution in [3.05, 3.63) is 54.4 Å². The van der Waals surface area contributed by atoms with Gasteiger partial charge in [-0.1, -0.05) is 6.07 Å². The van der Waals surface area contributed by atoms with Crippen molar-refractivity contribution >= 4 is 23.8 Å². The number of rotatable bonds is 11. The van der Waals surface area contributed by atoms with Crippen LogP contribution in [0, 0.1) is 0 Å². The molecule has 2 N–H and O–H groups in total. The van der Waals surface area contributed by atoms with Crippen LogP contribution in [0.4, 0.5) is 21.2 Å². The minimum atomic E-state index is -0.509. The van der Waals surface area contributed by atoms with E-state index in [0.29, 0.717) is 32.6 Å². The van der Waals surface area contributed by atoms with Crippen molar-refractivity contribution in [2.45, 2.75) is 96.8 Å². The SMILES string of the molecule is CC(C)(C)OC(=O)NCCCOCCc1cccc(Nc2cc([C@H]3CC[C@@H](OC(=O)n4ccnc4)C3)nn2C(C)(C)C)n1. The molecule has 3 aromatic heterocycles. The summed E-state index contributed by atoms with van der Waals surface area (Å²) >= 11 is 0. The zero-order valence-corrected chi connectivity index (χ0v) is 26.1. The number of pyridine rings is 1. The smallest absolute Gasteiger partial charge is 0.419 e. The number of alkyl carbamates (subject to hydrolysis) is 1. The van der Waals surface area contributed by atoms with E-state index in [0.717, 1.165) is 42.3 Å². The number of carbonyl (C=O) groups excluding carboxylic acids is 2. The van der Waals surface area contributed by atoms with Gasteiger partial charge in [0.2, 0.25) is 0 Å². The summed E-state index contributed by atoms with van der Waals surface area (Å²) in [5.74, 6) is 1.79. The van der Waals surface area contributed by atoms with Crippen LogP contribution in [0.1, 0.15) is 84.5 Å². The third-order valence-electron chi connectivity index (χ3n) is 6.85. The Labute approximate surface area is 253 Å². The summed E-state index contributed by atoms with van der Waals surface area (Å²) in [5, 5.41) is 11.2. The Balaban J connectivity index is 1.28. The normalized spacial score (nSPS) is 17.1. The summed E-state index contributed by atoms with van der Waals surface area (Å²) in [7, 11) is 0. The monoisotopic (exact) mass is 595 g/mol. The molecule has 0 spiro atoms. The highest BCUT2D eigenvalue weighted by atomic mass is 16.6. The second-order valence-electron chi connectivity index (χ2n) is 12.8. The number of aromatic nitrogens is 5. The van der Waals surface area contributed by atoms with Crippen LogP contribution in [-0.4, -0.2) is 68.0 Å². The molecule has 2 atom stereocenters. The lowest BCUT2D eigenvalue weighted by Crippen LogP contribution is -2.33. The average Bonchev–Trinajstić information content (AvgIpc) is 3.68. The standard InChI is InChI=1S/C31H45N7O5/c1-30(2,3)38-27(20-25(36-38)22-11-12-24(19-22)42-29(40)37-16-15-32-21-37)35-26-10-7-9-23(34-26)13-18-41-17-8-14-33-28(39)43-31(4,5)6/h7,9-10,15-16,20-22,24H,8,11-14,17-19H2,1-6H3,(H,33,39)(H,34,35)/t22-,24+/m0/s1. The Morgan fingerprint density at radius 1 is 1.09 bits per heavy atom. The summed E-state index contributed by atoms with van der Waals surface area (Å²) < 4.78 is 20.0. The maximum Gasteiger partial charge on any atom is 0.419 e. The van der Waals surface area contributed by atoms with Gasteiger partial charge in [0.1, 0.15) is 29.7 Å². The summed E-state index contributed by atoms with van der Waals surface area (Å²) in [4.78, 5) is 32.8. The predicted molar refractivity (Wildman–Crippen MR) is 163 cm³/mol. The molecular weight excluding hydrogens is 550 g/mol. The summed E-state index contributed by atoms with van der Waals surface area (Å²) in [6.45, 7) is 13.4. The van der Waals surface area contributed by atoms with Gasteiger partial charge in [0.15, 0.2) is 0 Å². The van der Waals surface area contributed by atoms with E-state index in [1.165, 1.54) is 10.9 Å². The fourth-order valence-electron chi connectivity index (χ4n) is 4.86. The minimum Gasteiger partial charge on any atom is -0.446 e. The number of anilines is 2. The molecule has 1 aliphatic rings. The van der Waals surface area contributed by atoms with Crippen LogP contribution < -0.4 is 10.6 Å². The average molecular weight is 596 g/mol. The second kappa shape index (κ2) is 14.0. The Morgan fingerprint density at radius 3 is 2.63 bits per heavy atom. The Kier molecular flexibility index (Phi) is 10.4. The quantitative estimate of drug-likeness (QED) is 0.265. The Morgan fingerprint density at radius 2 is 1.91 bits per heavy atom. The predicted octanol–water partition coefficient (Wildman–Crippen LogP) is 5.77. The summed E-state index contributed by atoms with van der Waals surface area (Å²) in [5.41, 5.74) is 1.13. The van der Waals surface area contributed by atoms with Crippen molar-refractivity contribution < 1.29 is 23.8 Å². The van der Waals surface area contributed by atoms with Crippen LogP contribution in [0.2, 0.25) is 0 Å². The van der Waals surface area contributed by atoms with E-state index in [1.54, 1.807) is 12.4 Å². The van der Waals surface area contributed by atoms with Gasteiger partial charge in [0.25, 0.3) is 0 Å². The van der Waals surface area contributed by atoms with Gasteiger partial charge in [-0.15, -0.1) is 0 Å². The van der Waals surface area contributed by atoms with E-state index in [4.69, 9.17) is 24.3 Å². The van der Waals surface area contributed by atoms with Gasteiger partial charge in [-0.25, -0.2) is 28.8 Å². The van der Waals surface area contributed by atoms with Crippen molar-refractivity contribution in [2.24, 2.45) is 0 Å². The third kappa shape index (κ3) is 9.81. The molecule has 234 valence electrons. The fraction of sp³-hybridized carbons (Fsp3) is 0.581. The number of carbonyl (C=O) groups is 2. The van der Waals surface area contributed by atoms with E-state index in [1.807, 2.05) is 43.7 Å². The number of hydrogen-bond acceptors (Lipinski definition) is 9. The third-order valence-corrected chi connectivity index (χ3v) is 6.85. The Bertz CT molecular complexity index is 1340. The molecule has 3 heterocycles. The van der Waals surface area contributed by atoms with Gasteiger partial charge >= 0.3 is 12.2 Å². The van der Waals surface area contributed by atoms with Gasteiger partial charge < -0.3 is 24.8 Å². The zero-order chi connectivity index (χ0) is 31.0. The molecule has 0 aliphatic heterocycles. The number of hydrogen-bond donors (Lipinski definition) is 2. The molecule has 0 aromatic carbocycles. The van der Waals surface area contributed by atoms with Crippen molar-refractivity contribution in [2.75, 3.05) is 25.1 Å². The lowest BCUT2D eigenvalue weighted by atomic mass is 10.0. The number of ether oxygens (including phenoxy) is 3. The van der Waals surface area contributed by atoms with Crippen molar-refractivity contribution in [1.82, 2.24) is 29.6 Å². The van der Waals surface area contributed by atoms with Crippen molar-refractivity contribution in [3.63, 3.8) is 0 Å². The van der Waals surface area contributed by atoms with Gasteiger partial charge in [-0.2, -0.15) is 5.10 Å². The number of amides is 1. The molecule has 0 unspecified atom stereocenters. The summed E-state index contributed by atoms with van der Waals surface area (Å²) in [6.07, 6.45) is 7.40. The van der Waals surface area contributed by atoms with Crippen LogP contribution in [0.3, 0.4) is 0 Å². The number of nitrogens with zero attached hydrogens (tertiary/aromatic N) is 5. The van der Waals surface area contributed by atoms with Crippen LogP contribution in [0.15, 0.2) is 43.0 Å². The first-order chi connectivity index (χ1) is 20.4. The minimum absolute atomic E-state index is 0.155. The van der Waals surface area contributed by atoms with Gasteiger partial charge in [0, 0.05) is 49.6 Å². The van der Waals surface area contributed by atoms with Crippen molar-refractivity contribution in [1.29, 1.82) is 0 Å². The lowest BCUT2D eigenvalue weighted by Gasteiger charge is -2.22. The van der Waals surface area contributed by atoms with E-state index in [2.05, 4.69) is 42.5 Å². The topological polar surface area (TPSA) is 134 Å². The molecule has 1 fully saturated rings. The first kappa shape index (κ1) is 32.0. The highest BCUT2D eigenvalue weighted by Crippen LogP contribution is 2.38. The second-order valence-corrected chi connectivity index (χ2v) is 12.8. The van der Waals surface area contributed by atoms with Gasteiger partial charge in [-0.05, 0) is 79.4 Å². The highest BCUT2D eigenvalue weighted by molar-refractivity contribution is 5.70. The Hall–Kier alpha value is -3.93. The molecule has 0 radical (unpaired) electrons. The highest BCUT2D eigenvalue weighted by Gasteiger charge is 2.32. The van der Waals surface area contributed by atoms with Gasteiger partial charge in [0.05, 0.1) is 17.8 Å². The lowest BCUT2D eigenvalue weighted by molar-refractivity contribution is 0.0520. The maximum absolute atomic E-state index is 12.3. The molecule has 4 rings (SSSR count). The molecule has 0 saturated heterocycles. The molecule has 3 aromatic rings. The molecule has 12 heteroatoms. The van der Waals surface area contributed by atoms with Crippen LogP contribution in [0.5, 0.6) is 0 Å². The molecule has 1 amide bonds. The first-order valence-corrected chi connectivity index (χ1v) is 14.9. The molecule has 0 bridgehead atoms. The molecular formula is C31H45N7O5. The molecule has 1 saturated carbocycles. The van der Waals surface area contributed by atoms with E-state index < -0.39 is 17.8 Å². The largest absolute Gasteiger partial charge is 0.446 e. The van der Waals surface area contributed by atoms with Crippen LogP contribution >= 0.6 is 0 Å². The molecule has 12 nitrogen and oxygen atoms in total. The van der Waals surface area contributed by atoms with E-state index in [9.17, 15) is 9.59 Å². The fourth-order valence-corrected chi connectivity index (χ4v) is 4.86. The van der Waals surface area contributed by atoms with E-state index in [-0.39, 0.29) is 17.6 Å². The summed E-state index contributed by atoms with van der Waals surface area (Å²) in [6, 6.07) is 7.98. The first-order valence-electron chi connectivity index (χ1n) is 14.9. The van der Waals surface area contributed by atoms with Crippen molar-refractivity contribution in [3.8, 4) is 0 Å². The maximum atomic E-state index is 12.3. The number of imidazole rings is 1. The van der Waals surface area contributed by atoms with Crippen LogP contribution in [-0.2, 0) is 26.2 Å². The number of nitrogens with one attached hydrogen (secondary N) is 2. The van der Waals surface area contributed by atoms with E-state index >= 15 is 0 Å². The van der Waals surface area contributed by atoms with Crippen LogP contribution in [0.25, 0.3) is 0 Å². The van der Waals surface area contributed by atoms with Gasteiger partial charge in [-0.3, -0.25) is 0 Å². The molecule has 43 heavy (non-hydrogen) atoms. The molecule has 1 aliphatic carbocycles. The zero-order valence-electron chi connectivity index (χ0n) is 26.1.